The summed E-state index contributed by atoms with van der Waals surface area (Å²) < 4.78 is 39.6. The largest absolute Gasteiger partial charge is 0.416 e. The lowest BCUT2D eigenvalue weighted by Gasteiger charge is -2.44. The molecule has 10 heteroatoms. The Kier molecular flexibility index (Phi) is 9.32. The molecule has 2 saturated heterocycles. The standard InChI is InChI=1S/C35H40F3N7/c1-42-22-16-31(17-23-42)44-21-3-4-32(25-44)45(24-26-5-11-29(12-6-26)43(2)30-13-18-39-19-14-30)34-40-20-15-33(41-34)27-7-9-28(10-8-27)35(36,37)38/h5-15,18-20,31-32H,3-4,16-17,21-25H2,1-2H3/t32-/m0/s1. The van der Waals surface area contributed by atoms with E-state index in [1.54, 1.807) is 24.7 Å². The molecule has 7 nitrogen and oxygen atoms in total. The summed E-state index contributed by atoms with van der Waals surface area (Å²) in [4.78, 5) is 23.3. The quantitative estimate of drug-likeness (QED) is 0.214. The summed E-state index contributed by atoms with van der Waals surface area (Å²) in [5.74, 6) is 0.598. The van der Waals surface area contributed by atoms with Crippen molar-refractivity contribution in [2.75, 3.05) is 50.1 Å². The number of pyridine rings is 1. The highest BCUT2D eigenvalue weighted by Crippen LogP contribution is 2.32. The first-order valence-electron chi connectivity index (χ1n) is 15.7. The normalized spacial score (nSPS) is 18.6. The fourth-order valence-electron chi connectivity index (χ4n) is 6.51. The second-order valence-corrected chi connectivity index (χ2v) is 12.2. The van der Waals surface area contributed by atoms with E-state index in [4.69, 9.17) is 9.97 Å². The molecule has 0 radical (unpaired) electrons. The van der Waals surface area contributed by atoms with E-state index in [0.717, 1.165) is 68.1 Å². The molecule has 4 aromatic rings. The minimum Gasteiger partial charge on any atom is -0.345 e. The molecule has 1 atom stereocenters. The van der Waals surface area contributed by atoms with Crippen LogP contribution in [0.25, 0.3) is 11.3 Å². The maximum absolute atomic E-state index is 13.2. The Labute approximate surface area is 263 Å². The molecule has 236 valence electrons. The Morgan fingerprint density at radius 1 is 0.822 bits per heavy atom. The van der Waals surface area contributed by atoms with Gasteiger partial charge in [-0.15, -0.1) is 0 Å². The van der Waals surface area contributed by atoms with Crippen LogP contribution in [0.2, 0.25) is 0 Å². The summed E-state index contributed by atoms with van der Waals surface area (Å²) >= 11 is 0. The van der Waals surface area contributed by atoms with Gasteiger partial charge in [-0.3, -0.25) is 9.88 Å². The van der Waals surface area contributed by atoms with Crippen molar-refractivity contribution >= 4 is 17.3 Å². The number of aromatic nitrogens is 3. The molecule has 45 heavy (non-hydrogen) atoms. The number of hydrogen-bond donors (Lipinski definition) is 0. The van der Waals surface area contributed by atoms with Crippen molar-refractivity contribution < 1.29 is 13.2 Å². The van der Waals surface area contributed by atoms with Crippen molar-refractivity contribution in [3.05, 3.63) is 96.4 Å². The van der Waals surface area contributed by atoms with E-state index in [2.05, 4.69) is 55.9 Å². The molecular formula is C35H40F3N7. The van der Waals surface area contributed by atoms with Gasteiger partial charge in [-0.05, 0) is 100 Å². The summed E-state index contributed by atoms with van der Waals surface area (Å²) in [6.45, 7) is 4.90. The second kappa shape index (κ2) is 13.5. The zero-order valence-electron chi connectivity index (χ0n) is 25.9. The van der Waals surface area contributed by atoms with Gasteiger partial charge in [-0.2, -0.15) is 13.2 Å². The number of halogens is 3. The second-order valence-electron chi connectivity index (χ2n) is 12.2. The van der Waals surface area contributed by atoms with Crippen molar-refractivity contribution in [2.24, 2.45) is 0 Å². The van der Waals surface area contributed by atoms with Gasteiger partial charge in [0.15, 0.2) is 0 Å². The molecule has 0 saturated carbocycles. The van der Waals surface area contributed by atoms with E-state index in [1.807, 2.05) is 19.2 Å². The Morgan fingerprint density at radius 2 is 1.51 bits per heavy atom. The minimum atomic E-state index is -4.38. The van der Waals surface area contributed by atoms with Crippen LogP contribution in [-0.2, 0) is 12.7 Å². The molecule has 2 aromatic carbocycles. The fourth-order valence-corrected chi connectivity index (χ4v) is 6.51. The molecule has 2 aromatic heterocycles. The lowest BCUT2D eigenvalue weighted by atomic mass is 9.97. The van der Waals surface area contributed by atoms with Crippen molar-refractivity contribution in [3.63, 3.8) is 0 Å². The zero-order valence-corrected chi connectivity index (χ0v) is 25.9. The number of benzene rings is 2. The van der Waals surface area contributed by atoms with Crippen LogP contribution in [0, 0.1) is 0 Å². The molecule has 0 amide bonds. The number of likely N-dealkylation sites (tertiary alicyclic amines) is 2. The van der Waals surface area contributed by atoms with Crippen molar-refractivity contribution in [1.82, 2.24) is 24.8 Å². The minimum absolute atomic E-state index is 0.209. The van der Waals surface area contributed by atoms with Gasteiger partial charge >= 0.3 is 6.18 Å². The summed E-state index contributed by atoms with van der Waals surface area (Å²) in [6, 6.07) is 20.3. The number of rotatable bonds is 8. The highest BCUT2D eigenvalue weighted by Gasteiger charge is 2.33. The van der Waals surface area contributed by atoms with E-state index in [1.165, 1.54) is 25.0 Å². The van der Waals surface area contributed by atoms with E-state index < -0.39 is 11.7 Å². The maximum Gasteiger partial charge on any atom is 0.416 e. The number of anilines is 3. The monoisotopic (exact) mass is 615 g/mol. The zero-order chi connectivity index (χ0) is 31.4. The van der Waals surface area contributed by atoms with Gasteiger partial charge in [-0.25, -0.2) is 9.97 Å². The van der Waals surface area contributed by atoms with E-state index in [-0.39, 0.29) is 6.04 Å². The Bertz CT molecular complexity index is 1520. The van der Waals surface area contributed by atoms with Gasteiger partial charge in [0.05, 0.1) is 11.3 Å². The summed E-state index contributed by atoms with van der Waals surface area (Å²) in [5, 5.41) is 0. The van der Waals surface area contributed by atoms with E-state index in [9.17, 15) is 13.2 Å². The average molecular weight is 616 g/mol. The van der Waals surface area contributed by atoms with Crippen LogP contribution in [0.4, 0.5) is 30.5 Å². The van der Waals surface area contributed by atoms with Gasteiger partial charge in [-0.1, -0.05) is 24.3 Å². The van der Waals surface area contributed by atoms with Crippen LogP contribution in [0.3, 0.4) is 0 Å². The van der Waals surface area contributed by atoms with E-state index >= 15 is 0 Å². The molecular weight excluding hydrogens is 575 g/mol. The van der Waals surface area contributed by atoms with Gasteiger partial charge in [0.1, 0.15) is 0 Å². The smallest absolute Gasteiger partial charge is 0.345 e. The highest BCUT2D eigenvalue weighted by atomic mass is 19.4. The van der Waals surface area contributed by atoms with Gasteiger partial charge < -0.3 is 14.7 Å². The fraction of sp³-hybridized carbons (Fsp3) is 0.400. The Morgan fingerprint density at radius 3 is 2.20 bits per heavy atom. The molecule has 0 aliphatic carbocycles. The lowest BCUT2D eigenvalue weighted by Crippen LogP contribution is -2.53. The molecule has 0 bridgehead atoms. The number of hydrogen-bond acceptors (Lipinski definition) is 7. The predicted molar refractivity (Wildman–Crippen MR) is 173 cm³/mol. The number of piperidine rings is 2. The molecule has 4 heterocycles. The third kappa shape index (κ3) is 7.45. The molecule has 0 unspecified atom stereocenters. The first-order chi connectivity index (χ1) is 21.7. The molecule has 2 aliphatic rings. The first kappa shape index (κ1) is 31.0. The van der Waals surface area contributed by atoms with Crippen LogP contribution in [-0.4, -0.2) is 77.1 Å². The van der Waals surface area contributed by atoms with Crippen LogP contribution in [0.5, 0.6) is 0 Å². The lowest BCUT2D eigenvalue weighted by molar-refractivity contribution is -0.137. The molecule has 2 fully saturated rings. The van der Waals surface area contributed by atoms with Crippen LogP contribution < -0.4 is 9.80 Å². The maximum atomic E-state index is 13.2. The molecule has 0 N–H and O–H groups in total. The number of alkyl halides is 3. The van der Waals surface area contributed by atoms with Gasteiger partial charge in [0, 0.05) is 67.7 Å². The number of nitrogens with zero attached hydrogens (tertiary/aromatic N) is 7. The van der Waals surface area contributed by atoms with Crippen molar-refractivity contribution in [3.8, 4) is 11.3 Å². The Hall–Kier alpha value is -4.02. The highest BCUT2D eigenvalue weighted by molar-refractivity contribution is 5.63. The van der Waals surface area contributed by atoms with Crippen molar-refractivity contribution in [2.45, 2.75) is 50.5 Å². The Balaban J connectivity index is 1.27. The van der Waals surface area contributed by atoms with Crippen LogP contribution >= 0.6 is 0 Å². The van der Waals surface area contributed by atoms with Crippen LogP contribution in [0.15, 0.2) is 85.3 Å². The SMILES string of the molecule is CN1CCC(N2CCC[C@H](N(Cc3ccc(N(C)c4ccncc4)cc3)c3nccc(-c4ccc(C(F)(F)F)cc4)n3)C2)CC1. The van der Waals surface area contributed by atoms with Gasteiger partial charge in [0.25, 0.3) is 0 Å². The van der Waals surface area contributed by atoms with E-state index in [0.29, 0.717) is 29.8 Å². The molecule has 6 rings (SSSR count). The molecule has 0 spiro atoms. The first-order valence-corrected chi connectivity index (χ1v) is 15.7. The third-order valence-electron chi connectivity index (χ3n) is 9.21. The van der Waals surface area contributed by atoms with Crippen molar-refractivity contribution in [1.29, 1.82) is 0 Å². The molecule has 2 aliphatic heterocycles. The predicted octanol–water partition coefficient (Wildman–Crippen LogP) is 6.89. The topological polar surface area (TPSA) is 51.6 Å². The average Bonchev–Trinajstić information content (AvgIpc) is 3.08. The third-order valence-corrected chi connectivity index (χ3v) is 9.21. The summed E-state index contributed by atoms with van der Waals surface area (Å²) in [6.07, 6.45) is 5.39. The summed E-state index contributed by atoms with van der Waals surface area (Å²) in [5.41, 5.74) is 3.84. The van der Waals surface area contributed by atoms with Crippen LogP contribution in [0.1, 0.15) is 36.8 Å². The van der Waals surface area contributed by atoms with Gasteiger partial charge in [0.2, 0.25) is 5.95 Å². The summed E-state index contributed by atoms with van der Waals surface area (Å²) in [7, 11) is 4.23.